The van der Waals surface area contributed by atoms with E-state index < -0.39 is 11.7 Å². The molecule has 1 aromatic heterocycles. The summed E-state index contributed by atoms with van der Waals surface area (Å²) in [7, 11) is 2.09. The number of fused-ring (bicyclic) bond motifs is 2. The average molecular weight is 624 g/mol. The van der Waals surface area contributed by atoms with Gasteiger partial charge in [-0.05, 0) is 50.4 Å². The number of aromatic nitrogens is 1. The average Bonchev–Trinajstić information content (AvgIpc) is 3.44. The molecule has 0 bridgehead atoms. The quantitative estimate of drug-likeness (QED) is 0.332. The lowest BCUT2D eigenvalue weighted by molar-refractivity contribution is -0.128. The lowest BCUT2D eigenvalue weighted by atomic mass is 9.97. The summed E-state index contributed by atoms with van der Waals surface area (Å²) in [6.45, 7) is 7.36. The molecule has 224 valence electrons. The molecule has 3 aliphatic rings. The molecular formula is C32H33Cl2FN6O2. The first-order chi connectivity index (χ1) is 20.8. The molecule has 2 saturated heterocycles. The molecule has 2 aromatic carbocycles. The van der Waals surface area contributed by atoms with Gasteiger partial charge in [0.05, 0.1) is 28.0 Å². The molecule has 0 aliphatic carbocycles. The van der Waals surface area contributed by atoms with Gasteiger partial charge >= 0.3 is 0 Å². The third-order valence-corrected chi connectivity index (χ3v) is 9.66. The topological polar surface area (TPSA) is 75.9 Å². The van der Waals surface area contributed by atoms with Crippen LogP contribution in [0.3, 0.4) is 0 Å². The van der Waals surface area contributed by atoms with Crippen molar-refractivity contribution >= 4 is 51.3 Å². The molecule has 2 fully saturated rings. The normalized spacial score (nSPS) is 19.0. The highest BCUT2D eigenvalue weighted by molar-refractivity contribution is 6.46. The molecule has 3 aromatic rings. The molecule has 4 heterocycles. The van der Waals surface area contributed by atoms with Gasteiger partial charge in [0.15, 0.2) is 5.83 Å². The van der Waals surface area contributed by atoms with Crippen LogP contribution in [0.15, 0.2) is 42.7 Å². The lowest BCUT2D eigenvalue weighted by Gasteiger charge is -2.39. The van der Waals surface area contributed by atoms with Gasteiger partial charge in [-0.1, -0.05) is 48.0 Å². The molecule has 8 nitrogen and oxygen atoms in total. The zero-order chi connectivity index (χ0) is 30.2. The SMILES string of the molecule is C=C(F)C(=O)N1CCN(c2c(C#N)c(OCC3CCCN3C)nc3c2CCN(c2cccc4ccc(Cl)c(Cl)c24)C3)CC1. The third kappa shape index (κ3) is 5.60. The van der Waals surface area contributed by atoms with E-state index in [0.29, 0.717) is 73.8 Å². The summed E-state index contributed by atoms with van der Waals surface area (Å²) in [5.74, 6) is -1.32. The van der Waals surface area contributed by atoms with Crippen molar-refractivity contribution < 1.29 is 13.9 Å². The van der Waals surface area contributed by atoms with Crippen LogP contribution in [0, 0.1) is 11.3 Å². The number of nitrogens with zero attached hydrogens (tertiary/aromatic N) is 6. The number of anilines is 2. The number of hydrogen-bond acceptors (Lipinski definition) is 7. The van der Waals surface area contributed by atoms with Crippen LogP contribution >= 0.6 is 23.2 Å². The van der Waals surface area contributed by atoms with E-state index in [2.05, 4.69) is 34.4 Å². The van der Waals surface area contributed by atoms with Crippen LogP contribution in [0.1, 0.15) is 29.7 Å². The van der Waals surface area contributed by atoms with Gasteiger partial charge < -0.3 is 24.3 Å². The minimum absolute atomic E-state index is 0.259. The van der Waals surface area contributed by atoms with Gasteiger partial charge in [-0.25, -0.2) is 9.37 Å². The first kappa shape index (κ1) is 29.5. The Morgan fingerprint density at radius 2 is 1.93 bits per heavy atom. The van der Waals surface area contributed by atoms with E-state index in [1.54, 1.807) is 6.07 Å². The Morgan fingerprint density at radius 1 is 1.14 bits per heavy atom. The van der Waals surface area contributed by atoms with Crippen molar-refractivity contribution in [3.8, 4) is 11.9 Å². The van der Waals surface area contributed by atoms with E-state index in [1.165, 1.54) is 4.90 Å². The van der Waals surface area contributed by atoms with E-state index in [1.807, 2.05) is 24.3 Å². The highest BCUT2D eigenvalue weighted by atomic mass is 35.5. The fraction of sp³-hybridized carbons (Fsp3) is 0.406. The predicted octanol–water partition coefficient (Wildman–Crippen LogP) is 5.58. The van der Waals surface area contributed by atoms with E-state index in [4.69, 9.17) is 32.9 Å². The lowest BCUT2D eigenvalue weighted by Crippen LogP contribution is -2.49. The van der Waals surface area contributed by atoms with E-state index in [-0.39, 0.29) is 6.04 Å². The van der Waals surface area contributed by atoms with Crippen LogP contribution in [-0.4, -0.2) is 79.7 Å². The Labute approximate surface area is 260 Å². The molecular weight excluding hydrogens is 590 g/mol. The zero-order valence-corrected chi connectivity index (χ0v) is 25.6. The maximum atomic E-state index is 13.6. The summed E-state index contributed by atoms with van der Waals surface area (Å²) in [6, 6.07) is 12.5. The van der Waals surface area contributed by atoms with Crippen LogP contribution in [-0.2, 0) is 17.8 Å². The molecule has 1 amide bonds. The first-order valence-corrected chi connectivity index (χ1v) is 15.3. The number of pyridine rings is 1. The van der Waals surface area contributed by atoms with Crippen LogP contribution < -0.4 is 14.5 Å². The Balaban J connectivity index is 1.38. The second-order valence-electron chi connectivity index (χ2n) is 11.4. The molecule has 11 heteroatoms. The monoisotopic (exact) mass is 622 g/mol. The fourth-order valence-corrected chi connectivity index (χ4v) is 6.95. The number of nitriles is 1. The largest absolute Gasteiger partial charge is 0.475 e. The molecule has 0 radical (unpaired) electrons. The van der Waals surface area contributed by atoms with Crippen molar-refractivity contribution in [3.63, 3.8) is 0 Å². The number of likely N-dealkylation sites (N-methyl/N-ethyl adjacent to an activating group) is 1. The molecule has 1 atom stereocenters. The van der Waals surface area contributed by atoms with Gasteiger partial charge in [0.25, 0.3) is 5.91 Å². The van der Waals surface area contributed by atoms with Crippen molar-refractivity contribution in [3.05, 3.63) is 69.6 Å². The van der Waals surface area contributed by atoms with Crippen molar-refractivity contribution in [2.45, 2.75) is 31.8 Å². The van der Waals surface area contributed by atoms with Crippen molar-refractivity contribution in [2.24, 2.45) is 0 Å². The number of amides is 1. The minimum atomic E-state index is -0.963. The number of rotatable bonds is 6. The number of ether oxygens (including phenoxy) is 1. The Hall–Kier alpha value is -3.58. The van der Waals surface area contributed by atoms with Crippen molar-refractivity contribution in [1.82, 2.24) is 14.8 Å². The number of hydrogen-bond donors (Lipinski definition) is 0. The third-order valence-electron chi connectivity index (χ3n) is 8.86. The van der Waals surface area contributed by atoms with Crippen LogP contribution in [0.5, 0.6) is 5.88 Å². The summed E-state index contributed by atoms with van der Waals surface area (Å²) in [5.41, 5.74) is 4.00. The maximum absolute atomic E-state index is 13.6. The molecule has 0 saturated carbocycles. The summed E-state index contributed by atoms with van der Waals surface area (Å²) in [5, 5.41) is 13.3. The van der Waals surface area contributed by atoms with Gasteiger partial charge in [0.2, 0.25) is 5.88 Å². The highest BCUT2D eigenvalue weighted by Gasteiger charge is 2.33. The highest BCUT2D eigenvalue weighted by Crippen LogP contribution is 2.41. The maximum Gasteiger partial charge on any atom is 0.282 e. The summed E-state index contributed by atoms with van der Waals surface area (Å²) >= 11 is 13.1. The number of likely N-dealkylation sites (tertiary alicyclic amines) is 1. The Morgan fingerprint density at radius 3 is 2.63 bits per heavy atom. The Kier molecular flexibility index (Phi) is 8.36. The second-order valence-corrected chi connectivity index (χ2v) is 12.1. The fourth-order valence-electron chi connectivity index (χ4n) is 6.52. The van der Waals surface area contributed by atoms with Gasteiger partial charge in [-0.15, -0.1) is 0 Å². The second kappa shape index (κ2) is 12.2. The van der Waals surface area contributed by atoms with Gasteiger partial charge in [0.1, 0.15) is 18.2 Å². The van der Waals surface area contributed by atoms with Gasteiger partial charge in [-0.2, -0.15) is 5.26 Å². The van der Waals surface area contributed by atoms with Crippen LogP contribution in [0.2, 0.25) is 10.0 Å². The minimum Gasteiger partial charge on any atom is -0.475 e. The number of carbonyl (C=O) groups is 1. The van der Waals surface area contributed by atoms with E-state index in [9.17, 15) is 14.4 Å². The number of piperazine rings is 1. The number of carbonyl (C=O) groups excluding carboxylic acids is 1. The van der Waals surface area contributed by atoms with E-state index in [0.717, 1.165) is 52.8 Å². The standard InChI is InChI=1S/C32H33Cl2FN6O2/c1-20(35)32(42)40-15-13-39(14-16-40)30-23-10-12-41(27-7-3-5-21-8-9-25(33)29(34)28(21)27)18-26(23)37-31(24(30)17-36)43-19-22-6-4-11-38(22)2/h3,5,7-9,22H,1,4,6,10-16,18-19H2,2H3. The summed E-state index contributed by atoms with van der Waals surface area (Å²) in [4.78, 5) is 25.3. The van der Waals surface area contributed by atoms with Gasteiger partial charge in [-0.3, -0.25) is 4.79 Å². The summed E-state index contributed by atoms with van der Waals surface area (Å²) in [6.07, 6.45) is 2.79. The molecule has 0 N–H and O–H groups in total. The first-order valence-electron chi connectivity index (χ1n) is 14.6. The zero-order valence-electron chi connectivity index (χ0n) is 24.1. The summed E-state index contributed by atoms with van der Waals surface area (Å²) < 4.78 is 19.9. The smallest absolute Gasteiger partial charge is 0.282 e. The molecule has 6 rings (SSSR count). The Bertz CT molecular complexity index is 1630. The van der Waals surface area contributed by atoms with Gasteiger partial charge in [0, 0.05) is 55.4 Å². The van der Waals surface area contributed by atoms with Crippen LogP contribution in [0.25, 0.3) is 10.8 Å². The molecule has 43 heavy (non-hydrogen) atoms. The van der Waals surface area contributed by atoms with E-state index >= 15 is 0 Å². The van der Waals surface area contributed by atoms with Crippen molar-refractivity contribution in [1.29, 1.82) is 5.26 Å². The molecule has 1 unspecified atom stereocenters. The molecule has 3 aliphatic heterocycles. The number of benzene rings is 2. The predicted molar refractivity (Wildman–Crippen MR) is 168 cm³/mol. The molecule has 0 spiro atoms. The van der Waals surface area contributed by atoms with Crippen molar-refractivity contribution in [2.75, 3.05) is 62.7 Å². The van der Waals surface area contributed by atoms with Crippen LogP contribution in [0.4, 0.5) is 15.8 Å². The number of halogens is 3.